The molecule has 0 aliphatic rings. The van der Waals surface area contributed by atoms with E-state index in [0.29, 0.717) is 25.8 Å². The third-order valence-corrected chi connectivity index (χ3v) is 2.46. The summed E-state index contributed by atoms with van der Waals surface area (Å²) in [5, 5.41) is 0. The molecular formula is C8H16NO5P. The Morgan fingerprint density at radius 3 is 2.60 bits per heavy atom. The lowest BCUT2D eigenvalue weighted by molar-refractivity contribution is 0.148. The molecule has 0 aromatic rings. The zero-order chi connectivity index (χ0) is 11.6. The van der Waals surface area contributed by atoms with Gasteiger partial charge < -0.3 is 4.89 Å². The Bertz CT molecular complexity index is 251. The molecule has 6 nitrogen and oxygen atoms in total. The predicted molar refractivity (Wildman–Crippen MR) is 54.2 cm³/mol. The summed E-state index contributed by atoms with van der Waals surface area (Å²) in [6.07, 6.45) is 3.22. The zero-order valence-corrected chi connectivity index (χ0v) is 9.61. The first-order chi connectivity index (χ1) is 7.12. The summed E-state index contributed by atoms with van der Waals surface area (Å²) in [4.78, 5) is 22.1. The van der Waals surface area contributed by atoms with Crippen molar-refractivity contribution in [1.29, 1.82) is 0 Å². The van der Waals surface area contributed by atoms with Crippen molar-refractivity contribution < 1.29 is 23.3 Å². The van der Waals surface area contributed by atoms with E-state index in [1.54, 1.807) is 0 Å². The Morgan fingerprint density at radius 1 is 1.33 bits per heavy atom. The van der Waals surface area contributed by atoms with Crippen molar-refractivity contribution in [1.82, 2.24) is 0 Å². The number of phosphoric ester groups is 1. The number of hydrogen-bond donors (Lipinski definition) is 1. The van der Waals surface area contributed by atoms with Gasteiger partial charge >= 0.3 is 7.82 Å². The normalized spacial score (nSPS) is 14.3. The standard InChI is InChI=1S/C8H16NO5P/c1-2-6-13-15(11,12)14-7-4-3-5-9-8-10/h2-7H2,1H3,(H,11,12). The van der Waals surface area contributed by atoms with Crippen LogP contribution in [-0.2, 0) is 18.4 Å². The third kappa shape index (κ3) is 9.79. The van der Waals surface area contributed by atoms with E-state index in [9.17, 15) is 9.36 Å². The first kappa shape index (κ1) is 14.5. The second-order valence-corrected chi connectivity index (χ2v) is 4.27. The molecule has 88 valence electrons. The summed E-state index contributed by atoms with van der Waals surface area (Å²) >= 11 is 0. The molecule has 0 heterocycles. The Hall–Kier alpha value is -0.510. The van der Waals surface area contributed by atoms with Crippen LogP contribution >= 0.6 is 7.82 Å². The van der Waals surface area contributed by atoms with Crippen molar-refractivity contribution >= 4 is 13.9 Å². The maximum Gasteiger partial charge on any atom is 0.472 e. The minimum Gasteiger partial charge on any atom is -0.302 e. The van der Waals surface area contributed by atoms with Gasteiger partial charge in [0.15, 0.2) is 0 Å². The molecule has 1 unspecified atom stereocenters. The van der Waals surface area contributed by atoms with Crippen molar-refractivity contribution in [2.24, 2.45) is 4.99 Å². The highest BCUT2D eigenvalue weighted by atomic mass is 31.2. The molecular weight excluding hydrogens is 221 g/mol. The minimum absolute atomic E-state index is 0.117. The maximum atomic E-state index is 11.1. The molecule has 0 rings (SSSR count). The topological polar surface area (TPSA) is 85.2 Å². The average molecular weight is 237 g/mol. The summed E-state index contributed by atoms with van der Waals surface area (Å²) in [5.74, 6) is 0. The lowest BCUT2D eigenvalue weighted by Gasteiger charge is -2.10. The molecule has 1 atom stereocenters. The summed E-state index contributed by atoms with van der Waals surface area (Å²) in [7, 11) is -3.87. The number of nitrogens with zero attached hydrogens (tertiary/aromatic N) is 1. The van der Waals surface area contributed by atoms with Crippen molar-refractivity contribution in [2.45, 2.75) is 26.2 Å². The Morgan fingerprint density at radius 2 is 2.00 bits per heavy atom. The minimum atomic E-state index is -3.87. The zero-order valence-electron chi connectivity index (χ0n) is 8.72. The van der Waals surface area contributed by atoms with Gasteiger partial charge in [-0.25, -0.2) is 14.4 Å². The van der Waals surface area contributed by atoms with Crippen LogP contribution in [0.2, 0.25) is 0 Å². The van der Waals surface area contributed by atoms with Crippen LogP contribution in [0.15, 0.2) is 4.99 Å². The van der Waals surface area contributed by atoms with Crippen molar-refractivity contribution in [3.8, 4) is 0 Å². The second-order valence-electron chi connectivity index (χ2n) is 2.82. The highest BCUT2D eigenvalue weighted by Crippen LogP contribution is 2.43. The summed E-state index contributed by atoms with van der Waals surface area (Å²) in [6.45, 7) is 2.50. The molecule has 1 N–H and O–H groups in total. The lowest BCUT2D eigenvalue weighted by atomic mass is 10.3. The van der Waals surface area contributed by atoms with Gasteiger partial charge in [0, 0.05) is 0 Å². The van der Waals surface area contributed by atoms with Crippen LogP contribution in [0.5, 0.6) is 0 Å². The molecule has 0 saturated heterocycles. The first-order valence-corrected chi connectivity index (χ1v) is 6.27. The number of rotatable bonds is 9. The van der Waals surface area contributed by atoms with E-state index in [2.05, 4.69) is 14.0 Å². The van der Waals surface area contributed by atoms with E-state index in [0.717, 1.165) is 0 Å². The van der Waals surface area contributed by atoms with Crippen LogP contribution in [0.25, 0.3) is 0 Å². The number of isocyanates is 1. The van der Waals surface area contributed by atoms with Crippen LogP contribution in [0.4, 0.5) is 0 Å². The molecule has 0 spiro atoms. The third-order valence-electron chi connectivity index (χ3n) is 1.44. The Balaban J connectivity index is 3.48. The van der Waals surface area contributed by atoms with Crippen LogP contribution in [-0.4, -0.2) is 30.7 Å². The fourth-order valence-corrected chi connectivity index (χ4v) is 1.61. The second kappa shape index (κ2) is 8.77. The van der Waals surface area contributed by atoms with Crippen molar-refractivity contribution in [3.63, 3.8) is 0 Å². The van der Waals surface area contributed by atoms with Gasteiger partial charge in [-0.3, -0.25) is 9.05 Å². The monoisotopic (exact) mass is 237 g/mol. The van der Waals surface area contributed by atoms with E-state index >= 15 is 0 Å². The average Bonchev–Trinajstić information content (AvgIpc) is 2.20. The molecule has 7 heteroatoms. The van der Waals surface area contributed by atoms with Crippen LogP contribution in [0, 0.1) is 0 Å². The quantitative estimate of drug-likeness (QED) is 0.285. The van der Waals surface area contributed by atoms with Gasteiger partial charge in [0.1, 0.15) is 0 Å². The highest BCUT2D eigenvalue weighted by Gasteiger charge is 2.19. The van der Waals surface area contributed by atoms with Gasteiger partial charge in [0.2, 0.25) is 6.08 Å². The smallest absolute Gasteiger partial charge is 0.302 e. The van der Waals surface area contributed by atoms with Gasteiger partial charge in [-0.05, 0) is 19.3 Å². The van der Waals surface area contributed by atoms with E-state index in [4.69, 9.17) is 4.89 Å². The van der Waals surface area contributed by atoms with Gasteiger partial charge in [0.05, 0.1) is 19.8 Å². The molecule has 0 aliphatic carbocycles. The van der Waals surface area contributed by atoms with Gasteiger partial charge in [-0.1, -0.05) is 6.92 Å². The molecule has 0 fully saturated rings. The van der Waals surface area contributed by atoms with E-state index in [1.165, 1.54) is 6.08 Å². The van der Waals surface area contributed by atoms with Crippen molar-refractivity contribution in [3.05, 3.63) is 0 Å². The molecule has 0 radical (unpaired) electrons. The van der Waals surface area contributed by atoms with E-state index in [1.807, 2.05) is 6.92 Å². The Labute approximate surface area is 88.9 Å². The Kier molecular flexibility index (Phi) is 8.47. The molecule has 0 saturated carbocycles. The van der Waals surface area contributed by atoms with Crippen molar-refractivity contribution in [2.75, 3.05) is 19.8 Å². The summed E-state index contributed by atoms with van der Waals surface area (Å²) in [6, 6.07) is 0. The van der Waals surface area contributed by atoms with Crippen LogP contribution in [0.3, 0.4) is 0 Å². The largest absolute Gasteiger partial charge is 0.472 e. The predicted octanol–water partition coefficient (Wildman–Crippen LogP) is 1.65. The molecule has 0 aliphatic heterocycles. The molecule has 0 amide bonds. The number of unbranched alkanes of at least 4 members (excludes halogenated alkanes) is 1. The summed E-state index contributed by atoms with van der Waals surface area (Å²) < 4.78 is 20.4. The molecule has 0 bridgehead atoms. The van der Waals surface area contributed by atoms with E-state index < -0.39 is 7.82 Å². The number of carbonyl (C=O) groups excluding carboxylic acids is 1. The fraction of sp³-hybridized carbons (Fsp3) is 0.875. The molecule has 0 aromatic carbocycles. The van der Waals surface area contributed by atoms with Gasteiger partial charge in [0.25, 0.3) is 0 Å². The van der Waals surface area contributed by atoms with Crippen LogP contribution in [0.1, 0.15) is 26.2 Å². The van der Waals surface area contributed by atoms with E-state index in [-0.39, 0.29) is 13.2 Å². The van der Waals surface area contributed by atoms with Gasteiger partial charge in [-0.2, -0.15) is 0 Å². The lowest BCUT2D eigenvalue weighted by Crippen LogP contribution is -1.98. The fourth-order valence-electron chi connectivity index (χ4n) is 0.762. The number of phosphoric acid groups is 1. The van der Waals surface area contributed by atoms with Gasteiger partial charge in [-0.15, -0.1) is 0 Å². The first-order valence-electron chi connectivity index (χ1n) is 4.78. The highest BCUT2D eigenvalue weighted by molar-refractivity contribution is 7.47. The SMILES string of the molecule is CCCOP(=O)(O)OCCCCN=C=O. The number of aliphatic imine (C=N–C) groups is 1. The summed E-state index contributed by atoms with van der Waals surface area (Å²) in [5.41, 5.74) is 0. The van der Waals surface area contributed by atoms with Crippen LogP contribution < -0.4 is 0 Å². The maximum absolute atomic E-state index is 11.1. The number of hydrogen-bond acceptors (Lipinski definition) is 5. The molecule has 15 heavy (non-hydrogen) atoms. The molecule has 0 aromatic heterocycles.